The fourth-order valence-electron chi connectivity index (χ4n) is 1.61. The monoisotopic (exact) mass is 307 g/mol. The van der Waals surface area contributed by atoms with Crippen LogP contribution in [0.3, 0.4) is 0 Å². The molecule has 0 fully saturated rings. The Bertz CT molecular complexity index is 547. The zero-order chi connectivity index (χ0) is 14.0. The van der Waals surface area contributed by atoms with Crippen LogP contribution in [0, 0.1) is 6.92 Å². The molecule has 8 heteroatoms. The number of aromatic nitrogens is 2. The maximum atomic E-state index is 12.6. The highest BCUT2D eigenvalue weighted by Crippen LogP contribution is 2.36. The normalized spacial score (nSPS) is 13.7. The summed E-state index contributed by atoms with van der Waals surface area (Å²) in [5.74, 6) is 0. The van der Waals surface area contributed by atoms with Gasteiger partial charge in [-0.1, -0.05) is 6.92 Å². The molecule has 0 aliphatic rings. The van der Waals surface area contributed by atoms with Crippen LogP contribution >= 0.6 is 22.7 Å². The van der Waals surface area contributed by atoms with Gasteiger partial charge in [0.2, 0.25) is 0 Å². The first-order valence-corrected chi connectivity index (χ1v) is 7.23. The first-order valence-electron chi connectivity index (χ1n) is 5.60. The first kappa shape index (κ1) is 14.4. The molecule has 104 valence electrons. The minimum atomic E-state index is -4.39. The van der Waals surface area contributed by atoms with Gasteiger partial charge in [-0.05, 0) is 13.5 Å². The summed E-state index contributed by atoms with van der Waals surface area (Å²) in [6.07, 6.45) is -1.40. The second-order valence-corrected chi connectivity index (χ2v) is 6.17. The Kier molecular flexibility index (Phi) is 4.22. The molecule has 0 amide bonds. The van der Waals surface area contributed by atoms with E-state index in [1.807, 2.05) is 13.8 Å². The van der Waals surface area contributed by atoms with Gasteiger partial charge in [-0.3, -0.25) is 0 Å². The Morgan fingerprint density at radius 2 is 1.84 bits per heavy atom. The van der Waals surface area contributed by atoms with E-state index in [0.717, 1.165) is 9.88 Å². The summed E-state index contributed by atoms with van der Waals surface area (Å²) in [4.78, 5) is 9.06. The summed E-state index contributed by atoms with van der Waals surface area (Å²) < 4.78 is 37.7. The number of rotatable bonds is 4. The van der Waals surface area contributed by atoms with E-state index in [4.69, 9.17) is 0 Å². The third kappa shape index (κ3) is 3.31. The molecule has 2 rings (SSSR count). The van der Waals surface area contributed by atoms with Crippen molar-refractivity contribution in [1.29, 1.82) is 0 Å². The summed E-state index contributed by atoms with van der Waals surface area (Å²) in [6, 6.07) is -0.273. The van der Waals surface area contributed by atoms with E-state index in [-0.39, 0.29) is 6.04 Å². The Morgan fingerprint density at radius 3 is 2.32 bits per heavy atom. The Hall–Kier alpha value is -0.990. The molecule has 0 aliphatic heterocycles. The van der Waals surface area contributed by atoms with Crippen molar-refractivity contribution in [2.24, 2.45) is 0 Å². The lowest BCUT2D eigenvalue weighted by Crippen LogP contribution is -2.20. The van der Waals surface area contributed by atoms with Crippen molar-refractivity contribution in [3.63, 3.8) is 0 Å². The lowest BCUT2D eigenvalue weighted by molar-refractivity contribution is -0.137. The second kappa shape index (κ2) is 5.56. The minimum absolute atomic E-state index is 0.273. The number of aryl methyl sites for hydroxylation is 1. The van der Waals surface area contributed by atoms with Crippen LogP contribution in [0.25, 0.3) is 0 Å². The average molecular weight is 307 g/mol. The molecular weight excluding hydrogens is 295 g/mol. The van der Waals surface area contributed by atoms with Gasteiger partial charge in [-0.25, -0.2) is 9.97 Å². The molecule has 0 aromatic carbocycles. The Balaban J connectivity index is 2.32. The van der Waals surface area contributed by atoms with Gasteiger partial charge in [0.25, 0.3) is 0 Å². The third-order valence-electron chi connectivity index (χ3n) is 2.38. The highest BCUT2D eigenvalue weighted by Gasteiger charge is 2.35. The molecule has 0 bridgehead atoms. The van der Waals surface area contributed by atoms with Gasteiger partial charge in [-0.15, -0.1) is 22.7 Å². The van der Waals surface area contributed by atoms with E-state index in [9.17, 15) is 13.2 Å². The molecule has 19 heavy (non-hydrogen) atoms. The molecule has 0 saturated heterocycles. The van der Waals surface area contributed by atoms with Crippen molar-refractivity contribution in [3.05, 3.63) is 32.2 Å². The van der Waals surface area contributed by atoms with Gasteiger partial charge in [0.15, 0.2) is 5.01 Å². The SMILES string of the molecule is CCNC(c1cnc(C)s1)c1cnc(C(F)(F)F)s1. The van der Waals surface area contributed by atoms with Crippen LogP contribution in [-0.4, -0.2) is 16.5 Å². The lowest BCUT2D eigenvalue weighted by atomic mass is 10.2. The van der Waals surface area contributed by atoms with Crippen LogP contribution in [0.15, 0.2) is 12.4 Å². The molecule has 2 aromatic heterocycles. The molecular formula is C11H12F3N3S2. The molecule has 1 atom stereocenters. The van der Waals surface area contributed by atoms with Crippen LogP contribution in [0.2, 0.25) is 0 Å². The summed E-state index contributed by atoms with van der Waals surface area (Å²) in [5, 5.41) is 3.24. The molecule has 2 heterocycles. The fourth-order valence-corrected chi connectivity index (χ4v) is 3.44. The van der Waals surface area contributed by atoms with Gasteiger partial charge in [-0.2, -0.15) is 13.2 Å². The highest BCUT2D eigenvalue weighted by atomic mass is 32.1. The number of nitrogens with zero attached hydrogens (tertiary/aromatic N) is 2. The van der Waals surface area contributed by atoms with E-state index >= 15 is 0 Å². The van der Waals surface area contributed by atoms with Crippen LogP contribution in [-0.2, 0) is 6.18 Å². The Morgan fingerprint density at radius 1 is 1.21 bits per heavy atom. The zero-order valence-corrected chi connectivity index (χ0v) is 11.9. The van der Waals surface area contributed by atoms with Gasteiger partial charge < -0.3 is 5.32 Å². The van der Waals surface area contributed by atoms with E-state index in [1.165, 1.54) is 17.5 Å². The highest BCUT2D eigenvalue weighted by molar-refractivity contribution is 7.13. The van der Waals surface area contributed by atoms with Crippen LogP contribution < -0.4 is 5.32 Å². The lowest BCUT2D eigenvalue weighted by Gasteiger charge is -2.13. The molecule has 0 spiro atoms. The standard InChI is InChI=1S/C11H12F3N3S2/c1-3-15-9(7-4-16-6(2)18-7)8-5-17-10(19-8)11(12,13)14/h4-5,9,15H,3H2,1-2H3. The zero-order valence-electron chi connectivity index (χ0n) is 10.3. The fraction of sp³-hybridized carbons (Fsp3) is 0.455. The second-order valence-electron chi connectivity index (χ2n) is 3.84. The molecule has 1 unspecified atom stereocenters. The molecule has 2 aromatic rings. The molecule has 1 N–H and O–H groups in total. The largest absolute Gasteiger partial charge is 0.443 e. The number of hydrogen-bond donors (Lipinski definition) is 1. The van der Waals surface area contributed by atoms with E-state index in [0.29, 0.717) is 22.8 Å². The predicted octanol–water partition coefficient (Wildman–Crippen LogP) is 3.63. The summed E-state index contributed by atoms with van der Waals surface area (Å²) in [5.41, 5.74) is 0. The predicted molar refractivity (Wildman–Crippen MR) is 69.5 cm³/mol. The van der Waals surface area contributed by atoms with Crippen molar-refractivity contribution < 1.29 is 13.2 Å². The molecule has 3 nitrogen and oxygen atoms in total. The van der Waals surface area contributed by atoms with Crippen LogP contribution in [0.1, 0.15) is 32.7 Å². The quantitative estimate of drug-likeness (QED) is 0.937. The van der Waals surface area contributed by atoms with Crippen molar-refractivity contribution in [1.82, 2.24) is 15.3 Å². The molecule has 0 aliphatic carbocycles. The van der Waals surface area contributed by atoms with Gasteiger partial charge in [0.05, 0.1) is 11.0 Å². The van der Waals surface area contributed by atoms with Gasteiger partial charge >= 0.3 is 6.18 Å². The maximum absolute atomic E-state index is 12.6. The number of alkyl halides is 3. The summed E-state index contributed by atoms with van der Waals surface area (Å²) in [7, 11) is 0. The van der Waals surface area contributed by atoms with Crippen LogP contribution in [0.5, 0.6) is 0 Å². The molecule has 0 saturated carbocycles. The Labute approximate surface area is 116 Å². The summed E-state index contributed by atoms with van der Waals surface area (Å²) in [6.45, 7) is 4.43. The van der Waals surface area contributed by atoms with Crippen molar-refractivity contribution in [2.45, 2.75) is 26.1 Å². The van der Waals surface area contributed by atoms with E-state index in [2.05, 4.69) is 15.3 Å². The number of nitrogens with one attached hydrogen (secondary N) is 1. The van der Waals surface area contributed by atoms with E-state index in [1.54, 1.807) is 6.20 Å². The van der Waals surface area contributed by atoms with Crippen LogP contribution in [0.4, 0.5) is 13.2 Å². The average Bonchev–Trinajstić information content (AvgIpc) is 2.93. The van der Waals surface area contributed by atoms with Gasteiger partial charge in [0, 0.05) is 22.1 Å². The number of halogens is 3. The topological polar surface area (TPSA) is 37.8 Å². The van der Waals surface area contributed by atoms with Crippen molar-refractivity contribution >= 4 is 22.7 Å². The smallest absolute Gasteiger partial charge is 0.305 e. The van der Waals surface area contributed by atoms with Gasteiger partial charge in [0.1, 0.15) is 0 Å². The number of hydrogen-bond acceptors (Lipinski definition) is 5. The third-order valence-corrected chi connectivity index (χ3v) is 4.47. The first-order chi connectivity index (χ1) is 8.91. The molecule has 0 radical (unpaired) electrons. The van der Waals surface area contributed by atoms with Crippen molar-refractivity contribution in [2.75, 3.05) is 6.54 Å². The van der Waals surface area contributed by atoms with Crippen molar-refractivity contribution in [3.8, 4) is 0 Å². The minimum Gasteiger partial charge on any atom is -0.305 e. The summed E-state index contributed by atoms with van der Waals surface area (Å²) >= 11 is 2.14. The maximum Gasteiger partial charge on any atom is 0.443 e. The number of thiazole rings is 2. The van der Waals surface area contributed by atoms with E-state index < -0.39 is 11.2 Å².